The lowest BCUT2D eigenvalue weighted by atomic mass is 9.77. The predicted octanol–water partition coefficient (Wildman–Crippen LogP) is 1.54. The Kier molecular flexibility index (Phi) is 3.65. The summed E-state index contributed by atoms with van der Waals surface area (Å²) in [4.78, 5) is 2.58. The summed E-state index contributed by atoms with van der Waals surface area (Å²) in [6, 6.07) is 4.77. The molecule has 2 saturated heterocycles. The van der Waals surface area contributed by atoms with E-state index in [2.05, 4.69) is 29.3 Å². The number of rotatable bonds is 4. The molecule has 19 heavy (non-hydrogen) atoms. The van der Waals surface area contributed by atoms with Crippen molar-refractivity contribution in [3.63, 3.8) is 0 Å². The zero-order valence-corrected chi connectivity index (χ0v) is 11.9. The predicted molar refractivity (Wildman–Crippen MR) is 74.5 cm³/mol. The van der Waals surface area contributed by atoms with E-state index in [0.29, 0.717) is 6.04 Å². The lowest BCUT2D eigenvalue weighted by Gasteiger charge is -2.44. The second kappa shape index (κ2) is 5.27. The van der Waals surface area contributed by atoms with Crippen LogP contribution in [-0.2, 0) is 10.2 Å². The van der Waals surface area contributed by atoms with Crippen molar-refractivity contribution in [3.05, 3.63) is 23.7 Å². The molecule has 0 amide bonds. The summed E-state index contributed by atoms with van der Waals surface area (Å²) in [6.45, 7) is 10.5. The summed E-state index contributed by atoms with van der Waals surface area (Å²) >= 11 is 0. The summed E-state index contributed by atoms with van der Waals surface area (Å²) in [5.41, 5.74) is 0.110. The highest BCUT2D eigenvalue weighted by Crippen LogP contribution is 2.38. The highest BCUT2D eigenvalue weighted by Gasteiger charge is 2.44. The van der Waals surface area contributed by atoms with E-state index in [9.17, 15) is 0 Å². The lowest BCUT2D eigenvalue weighted by molar-refractivity contribution is -0.0844. The summed E-state index contributed by atoms with van der Waals surface area (Å²) < 4.78 is 11.4. The van der Waals surface area contributed by atoms with Crippen LogP contribution < -0.4 is 5.32 Å². The first-order valence-electron chi connectivity index (χ1n) is 7.29. The molecule has 0 aliphatic carbocycles. The van der Waals surface area contributed by atoms with Crippen molar-refractivity contribution in [3.8, 4) is 0 Å². The molecule has 1 aromatic heterocycles. The average Bonchev–Trinajstić information content (AvgIpc) is 2.81. The monoisotopic (exact) mass is 264 g/mol. The van der Waals surface area contributed by atoms with Crippen molar-refractivity contribution < 1.29 is 9.15 Å². The molecular weight excluding hydrogens is 240 g/mol. The number of nitrogens with zero attached hydrogens (tertiary/aromatic N) is 1. The van der Waals surface area contributed by atoms with Crippen molar-refractivity contribution in [1.82, 2.24) is 10.2 Å². The number of piperazine rings is 1. The number of aryl methyl sites for hydroxylation is 1. The van der Waals surface area contributed by atoms with E-state index < -0.39 is 0 Å². The maximum Gasteiger partial charge on any atom is 0.115 e. The van der Waals surface area contributed by atoms with Crippen molar-refractivity contribution in [1.29, 1.82) is 0 Å². The van der Waals surface area contributed by atoms with Gasteiger partial charge in [-0.25, -0.2) is 0 Å². The SMILES string of the molecule is Cc1ccc(C2(CC(C)N3CCNCC3)COC2)o1. The molecule has 4 heteroatoms. The summed E-state index contributed by atoms with van der Waals surface area (Å²) in [5.74, 6) is 2.11. The Balaban J connectivity index is 1.69. The molecule has 106 valence electrons. The van der Waals surface area contributed by atoms with Crippen molar-refractivity contribution >= 4 is 0 Å². The third kappa shape index (κ3) is 2.57. The van der Waals surface area contributed by atoms with Crippen molar-refractivity contribution in [2.75, 3.05) is 39.4 Å². The zero-order chi connectivity index (χ0) is 13.3. The molecule has 1 aromatic rings. The molecule has 2 aliphatic rings. The summed E-state index contributed by atoms with van der Waals surface area (Å²) in [6.07, 6.45) is 1.12. The van der Waals surface area contributed by atoms with Crippen LogP contribution in [0.3, 0.4) is 0 Å². The van der Waals surface area contributed by atoms with Gasteiger partial charge >= 0.3 is 0 Å². The fraction of sp³-hybridized carbons (Fsp3) is 0.733. The Labute approximate surface area is 115 Å². The van der Waals surface area contributed by atoms with Gasteiger partial charge in [0, 0.05) is 32.2 Å². The van der Waals surface area contributed by atoms with Gasteiger partial charge in [0.15, 0.2) is 0 Å². The van der Waals surface area contributed by atoms with E-state index in [4.69, 9.17) is 9.15 Å². The molecule has 1 atom stereocenters. The molecular formula is C15H24N2O2. The van der Waals surface area contributed by atoms with E-state index in [1.807, 2.05) is 6.92 Å². The first-order chi connectivity index (χ1) is 9.20. The van der Waals surface area contributed by atoms with E-state index in [0.717, 1.165) is 57.3 Å². The Hall–Kier alpha value is -0.840. The van der Waals surface area contributed by atoms with E-state index in [-0.39, 0.29) is 5.41 Å². The fourth-order valence-corrected chi connectivity index (χ4v) is 3.25. The molecule has 0 saturated carbocycles. The molecule has 4 nitrogen and oxygen atoms in total. The van der Waals surface area contributed by atoms with Crippen LogP contribution in [0.5, 0.6) is 0 Å². The van der Waals surface area contributed by atoms with Gasteiger partial charge in [0.05, 0.1) is 18.6 Å². The van der Waals surface area contributed by atoms with Crippen LogP contribution in [0.15, 0.2) is 16.5 Å². The number of furan rings is 1. The normalized spacial score (nSPS) is 24.9. The molecule has 3 rings (SSSR count). The van der Waals surface area contributed by atoms with Gasteiger partial charge in [0.1, 0.15) is 11.5 Å². The Morgan fingerprint density at radius 3 is 2.58 bits per heavy atom. The number of hydrogen-bond donors (Lipinski definition) is 1. The number of hydrogen-bond acceptors (Lipinski definition) is 4. The molecule has 0 aromatic carbocycles. The smallest absolute Gasteiger partial charge is 0.115 e. The lowest BCUT2D eigenvalue weighted by Crippen LogP contribution is -2.54. The van der Waals surface area contributed by atoms with Gasteiger partial charge in [-0.1, -0.05) is 0 Å². The molecule has 0 bridgehead atoms. The minimum atomic E-state index is 0.110. The maximum absolute atomic E-state index is 5.87. The topological polar surface area (TPSA) is 37.6 Å². The molecule has 3 heterocycles. The van der Waals surface area contributed by atoms with Gasteiger partial charge in [0.2, 0.25) is 0 Å². The zero-order valence-electron chi connectivity index (χ0n) is 11.9. The molecule has 1 N–H and O–H groups in total. The minimum absolute atomic E-state index is 0.110. The average molecular weight is 264 g/mol. The van der Waals surface area contributed by atoms with E-state index in [1.165, 1.54) is 0 Å². The van der Waals surface area contributed by atoms with Gasteiger partial charge in [-0.2, -0.15) is 0 Å². The van der Waals surface area contributed by atoms with Gasteiger partial charge in [-0.15, -0.1) is 0 Å². The van der Waals surface area contributed by atoms with Crippen LogP contribution >= 0.6 is 0 Å². The van der Waals surface area contributed by atoms with E-state index in [1.54, 1.807) is 0 Å². The fourth-order valence-electron chi connectivity index (χ4n) is 3.25. The second-order valence-electron chi connectivity index (χ2n) is 6.02. The highest BCUT2D eigenvalue weighted by atomic mass is 16.5. The Morgan fingerprint density at radius 1 is 1.32 bits per heavy atom. The summed E-state index contributed by atoms with van der Waals surface area (Å²) in [5, 5.41) is 3.41. The Bertz CT molecular complexity index is 420. The number of ether oxygens (including phenoxy) is 1. The van der Waals surface area contributed by atoms with Crippen LogP contribution in [0.4, 0.5) is 0 Å². The minimum Gasteiger partial charge on any atom is -0.466 e. The van der Waals surface area contributed by atoms with Crippen LogP contribution in [0.25, 0.3) is 0 Å². The second-order valence-corrected chi connectivity index (χ2v) is 6.02. The first-order valence-corrected chi connectivity index (χ1v) is 7.29. The third-order valence-electron chi connectivity index (χ3n) is 4.48. The van der Waals surface area contributed by atoms with Crippen LogP contribution in [0.2, 0.25) is 0 Å². The number of nitrogens with one attached hydrogen (secondary N) is 1. The molecule has 2 aliphatic heterocycles. The molecule has 1 unspecified atom stereocenters. The van der Waals surface area contributed by atoms with Crippen molar-refractivity contribution in [2.45, 2.75) is 31.7 Å². The van der Waals surface area contributed by atoms with Crippen LogP contribution in [0.1, 0.15) is 24.9 Å². The standard InChI is InChI=1S/C15H24N2O2/c1-12(17-7-5-16-6-8-17)9-15(10-18-11-15)14-4-3-13(2)19-14/h3-4,12,16H,5-11H2,1-2H3. The maximum atomic E-state index is 5.87. The first kappa shape index (κ1) is 13.2. The van der Waals surface area contributed by atoms with E-state index >= 15 is 0 Å². The Morgan fingerprint density at radius 2 is 2.05 bits per heavy atom. The van der Waals surface area contributed by atoms with Gasteiger partial charge in [0.25, 0.3) is 0 Å². The van der Waals surface area contributed by atoms with Gasteiger partial charge in [-0.05, 0) is 32.4 Å². The van der Waals surface area contributed by atoms with Gasteiger partial charge in [-0.3, -0.25) is 4.90 Å². The quantitative estimate of drug-likeness (QED) is 0.895. The molecule has 0 radical (unpaired) electrons. The highest BCUT2D eigenvalue weighted by molar-refractivity contribution is 5.20. The van der Waals surface area contributed by atoms with Gasteiger partial charge < -0.3 is 14.5 Å². The van der Waals surface area contributed by atoms with Crippen molar-refractivity contribution in [2.24, 2.45) is 0 Å². The summed E-state index contributed by atoms with van der Waals surface area (Å²) in [7, 11) is 0. The third-order valence-corrected chi connectivity index (χ3v) is 4.48. The van der Waals surface area contributed by atoms with Crippen LogP contribution in [-0.4, -0.2) is 50.3 Å². The molecule has 2 fully saturated rings. The van der Waals surface area contributed by atoms with Crippen LogP contribution in [0, 0.1) is 6.92 Å². The molecule has 0 spiro atoms. The largest absolute Gasteiger partial charge is 0.466 e.